The molecule has 2 aromatic rings. The second-order valence-electron chi connectivity index (χ2n) is 6.00. The fourth-order valence-electron chi connectivity index (χ4n) is 2.35. The Kier molecular flexibility index (Phi) is 6.62. The summed E-state index contributed by atoms with van der Waals surface area (Å²) in [6, 6.07) is 7.62. The van der Waals surface area contributed by atoms with Crippen LogP contribution in [-0.2, 0) is 4.79 Å². The van der Waals surface area contributed by atoms with Gasteiger partial charge in [0.2, 0.25) is 5.91 Å². The van der Waals surface area contributed by atoms with Crippen LogP contribution in [0.25, 0.3) is 0 Å². The largest absolute Gasteiger partial charge is 0.337 e. The molecule has 6 heteroatoms. The molecule has 0 unspecified atom stereocenters. The molecule has 1 aromatic heterocycles. The molecule has 0 saturated carbocycles. The van der Waals surface area contributed by atoms with Gasteiger partial charge in [0.1, 0.15) is 5.69 Å². The Bertz CT molecular complexity index is 711. The number of benzene rings is 1. The van der Waals surface area contributed by atoms with Crippen molar-refractivity contribution in [2.24, 2.45) is 0 Å². The molecule has 2 rings (SSSR count). The highest BCUT2D eigenvalue weighted by molar-refractivity contribution is 5.93. The Labute approximate surface area is 148 Å². The third-order valence-electron chi connectivity index (χ3n) is 3.72. The van der Waals surface area contributed by atoms with Crippen LogP contribution in [0.2, 0.25) is 0 Å². The number of hydrogen-bond acceptors (Lipinski definition) is 4. The molecule has 0 bridgehead atoms. The van der Waals surface area contributed by atoms with Crippen LogP contribution in [0.1, 0.15) is 41.5 Å². The molecule has 0 fully saturated rings. The van der Waals surface area contributed by atoms with Gasteiger partial charge in [-0.05, 0) is 32.4 Å². The van der Waals surface area contributed by atoms with Crippen molar-refractivity contribution in [2.45, 2.75) is 33.6 Å². The number of carbonyl (C=O) groups is 2. The van der Waals surface area contributed by atoms with Crippen LogP contribution in [-0.4, -0.2) is 39.8 Å². The molecule has 0 atom stereocenters. The zero-order valence-corrected chi connectivity index (χ0v) is 15.0. The highest BCUT2D eigenvalue weighted by atomic mass is 16.2. The van der Waals surface area contributed by atoms with Crippen LogP contribution in [0.4, 0.5) is 5.69 Å². The van der Waals surface area contributed by atoms with E-state index in [-0.39, 0.29) is 18.2 Å². The molecule has 2 amide bonds. The molecule has 1 N–H and O–H groups in total. The molecule has 1 heterocycles. The number of anilines is 1. The molecule has 0 aliphatic heterocycles. The van der Waals surface area contributed by atoms with E-state index < -0.39 is 0 Å². The smallest absolute Gasteiger partial charge is 0.274 e. The number of aromatic nitrogens is 2. The van der Waals surface area contributed by atoms with Crippen LogP contribution >= 0.6 is 0 Å². The molecule has 1 aromatic carbocycles. The molecule has 0 spiro atoms. The maximum Gasteiger partial charge on any atom is 0.274 e. The summed E-state index contributed by atoms with van der Waals surface area (Å²) in [5.74, 6) is -0.315. The average Bonchev–Trinajstić information content (AvgIpc) is 2.60. The van der Waals surface area contributed by atoms with Gasteiger partial charge in [-0.25, -0.2) is 4.98 Å². The van der Waals surface area contributed by atoms with Crippen LogP contribution in [0.5, 0.6) is 0 Å². The normalized spacial score (nSPS) is 10.4. The number of carbonyl (C=O) groups excluding carboxylic acids is 2. The van der Waals surface area contributed by atoms with Crippen molar-refractivity contribution in [1.82, 2.24) is 14.9 Å². The first-order chi connectivity index (χ1) is 12.0. The first-order valence-electron chi connectivity index (χ1n) is 8.44. The van der Waals surface area contributed by atoms with E-state index >= 15 is 0 Å². The Morgan fingerprint density at radius 3 is 2.36 bits per heavy atom. The Balaban J connectivity index is 1.94. The van der Waals surface area contributed by atoms with Crippen LogP contribution < -0.4 is 5.32 Å². The van der Waals surface area contributed by atoms with Crippen LogP contribution in [0.3, 0.4) is 0 Å². The molecule has 132 valence electrons. The van der Waals surface area contributed by atoms with Gasteiger partial charge in [0.05, 0.1) is 11.9 Å². The number of rotatable bonds is 7. The highest BCUT2D eigenvalue weighted by Gasteiger charge is 2.17. The number of nitrogens with one attached hydrogen (secondary N) is 1. The summed E-state index contributed by atoms with van der Waals surface area (Å²) in [6.07, 6.45) is 4.09. The SMILES string of the molecule is CCCN(CCC(=O)Nc1ccc(C)cc1)C(=O)c1cnc(C)cn1. The van der Waals surface area contributed by atoms with E-state index in [1.165, 1.54) is 6.20 Å². The van der Waals surface area contributed by atoms with E-state index in [9.17, 15) is 9.59 Å². The van der Waals surface area contributed by atoms with Crippen molar-refractivity contribution >= 4 is 17.5 Å². The van der Waals surface area contributed by atoms with Gasteiger partial charge in [0.25, 0.3) is 5.91 Å². The minimum atomic E-state index is -0.197. The minimum absolute atomic E-state index is 0.118. The van der Waals surface area contributed by atoms with Crippen LogP contribution in [0, 0.1) is 13.8 Å². The second kappa shape index (κ2) is 8.92. The first-order valence-corrected chi connectivity index (χ1v) is 8.44. The summed E-state index contributed by atoms with van der Waals surface area (Å²) in [4.78, 5) is 34.6. The molecule has 6 nitrogen and oxygen atoms in total. The van der Waals surface area contributed by atoms with Gasteiger partial charge in [0, 0.05) is 31.4 Å². The minimum Gasteiger partial charge on any atom is -0.337 e. The van der Waals surface area contributed by atoms with E-state index in [1.807, 2.05) is 45.0 Å². The van der Waals surface area contributed by atoms with Crippen molar-refractivity contribution in [3.8, 4) is 0 Å². The molecular weight excluding hydrogens is 316 g/mol. The fraction of sp³-hybridized carbons (Fsp3) is 0.368. The predicted octanol–water partition coefficient (Wildman–Crippen LogP) is 2.97. The van der Waals surface area contributed by atoms with Gasteiger partial charge in [-0.2, -0.15) is 0 Å². The lowest BCUT2D eigenvalue weighted by Gasteiger charge is -2.21. The molecule has 0 radical (unpaired) electrons. The van der Waals surface area contributed by atoms with E-state index in [1.54, 1.807) is 11.1 Å². The lowest BCUT2D eigenvalue weighted by atomic mass is 10.2. The Morgan fingerprint density at radius 1 is 1.04 bits per heavy atom. The third-order valence-corrected chi connectivity index (χ3v) is 3.72. The van der Waals surface area contributed by atoms with E-state index in [0.29, 0.717) is 18.8 Å². The lowest BCUT2D eigenvalue weighted by molar-refractivity contribution is -0.116. The average molecular weight is 340 g/mol. The molecule has 0 saturated heterocycles. The summed E-state index contributed by atoms with van der Waals surface area (Å²) in [6.45, 7) is 6.73. The van der Waals surface area contributed by atoms with Gasteiger partial charge in [-0.3, -0.25) is 14.6 Å². The Hall–Kier alpha value is -2.76. The maximum atomic E-state index is 12.5. The summed E-state index contributed by atoms with van der Waals surface area (Å²) in [5, 5.41) is 2.85. The number of aryl methyl sites for hydroxylation is 2. The second-order valence-corrected chi connectivity index (χ2v) is 6.00. The van der Waals surface area contributed by atoms with Crippen molar-refractivity contribution < 1.29 is 9.59 Å². The summed E-state index contributed by atoms with van der Waals surface area (Å²) < 4.78 is 0. The zero-order chi connectivity index (χ0) is 18.2. The number of nitrogens with zero attached hydrogens (tertiary/aromatic N) is 3. The number of amides is 2. The first kappa shape index (κ1) is 18.6. The summed E-state index contributed by atoms with van der Waals surface area (Å²) in [5.41, 5.74) is 2.96. The van der Waals surface area contributed by atoms with E-state index in [0.717, 1.165) is 23.4 Å². The molecule has 25 heavy (non-hydrogen) atoms. The molecule has 0 aliphatic rings. The monoisotopic (exact) mass is 340 g/mol. The van der Waals surface area contributed by atoms with E-state index in [2.05, 4.69) is 15.3 Å². The van der Waals surface area contributed by atoms with Crippen molar-refractivity contribution in [3.63, 3.8) is 0 Å². The van der Waals surface area contributed by atoms with Crippen molar-refractivity contribution in [2.75, 3.05) is 18.4 Å². The Morgan fingerprint density at radius 2 is 1.76 bits per heavy atom. The fourth-order valence-corrected chi connectivity index (χ4v) is 2.35. The van der Waals surface area contributed by atoms with Gasteiger partial charge >= 0.3 is 0 Å². The van der Waals surface area contributed by atoms with E-state index in [4.69, 9.17) is 0 Å². The van der Waals surface area contributed by atoms with Crippen molar-refractivity contribution in [3.05, 3.63) is 53.6 Å². The molecule has 0 aliphatic carbocycles. The van der Waals surface area contributed by atoms with Crippen LogP contribution in [0.15, 0.2) is 36.7 Å². The summed E-state index contributed by atoms with van der Waals surface area (Å²) >= 11 is 0. The quantitative estimate of drug-likeness (QED) is 0.841. The van der Waals surface area contributed by atoms with Crippen molar-refractivity contribution in [1.29, 1.82) is 0 Å². The highest BCUT2D eigenvalue weighted by Crippen LogP contribution is 2.10. The maximum absolute atomic E-state index is 12.5. The lowest BCUT2D eigenvalue weighted by Crippen LogP contribution is -2.35. The summed E-state index contributed by atoms with van der Waals surface area (Å²) in [7, 11) is 0. The topological polar surface area (TPSA) is 75.2 Å². The standard InChI is InChI=1S/C19H24N4O2/c1-4-10-23(19(25)17-13-20-15(3)12-21-17)11-9-18(24)22-16-7-5-14(2)6-8-16/h5-8,12-13H,4,9-11H2,1-3H3,(H,22,24). The molecular formula is C19H24N4O2. The van der Waals surface area contributed by atoms with Gasteiger partial charge < -0.3 is 10.2 Å². The van der Waals surface area contributed by atoms with Gasteiger partial charge in [-0.15, -0.1) is 0 Å². The third kappa shape index (κ3) is 5.67. The number of hydrogen-bond donors (Lipinski definition) is 1. The predicted molar refractivity (Wildman–Crippen MR) is 97.4 cm³/mol. The van der Waals surface area contributed by atoms with Gasteiger partial charge in [-0.1, -0.05) is 24.6 Å². The van der Waals surface area contributed by atoms with Gasteiger partial charge in [0.15, 0.2) is 0 Å². The zero-order valence-electron chi connectivity index (χ0n) is 15.0.